The van der Waals surface area contributed by atoms with Gasteiger partial charge in [-0.3, -0.25) is 4.79 Å². The van der Waals surface area contributed by atoms with Crippen LogP contribution >= 0.6 is 11.8 Å². The van der Waals surface area contributed by atoms with Gasteiger partial charge in [0.15, 0.2) is 5.16 Å². The molecular formula is C16H11F3N2OS. The molecule has 0 radical (unpaired) electrons. The van der Waals surface area contributed by atoms with Crippen molar-refractivity contribution in [2.24, 2.45) is 0 Å². The van der Waals surface area contributed by atoms with E-state index in [0.717, 1.165) is 17.7 Å². The molecule has 7 heteroatoms. The summed E-state index contributed by atoms with van der Waals surface area (Å²) in [5.74, 6) is 0.416. The highest BCUT2D eigenvalue weighted by molar-refractivity contribution is 7.98. The standard InChI is InChI=1S/C16H11F3N2OS/c17-16(18,19)11-7-5-10(6-8-11)9-23-15-20-13-4-2-1-3-12(13)14(22)21-15/h1-8H,9H2,(H,20,21,22). The van der Waals surface area contributed by atoms with Gasteiger partial charge < -0.3 is 4.98 Å². The third kappa shape index (κ3) is 3.56. The largest absolute Gasteiger partial charge is 0.416 e. The quantitative estimate of drug-likeness (QED) is 0.575. The number of thioether (sulfide) groups is 1. The summed E-state index contributed by atoms with van der Waals surface area (Å²) in [6, 6.07) is 11.9. The van der Waals surface area contributed by atoms with E-state index in [2.05, 4.69) is 9.97 Å². The van der Waals surface area contributed by atoms with Gasteiger partial charge in [0.1, 0.15) is 0 Å². The highest BCUT2D eigenvalue weighted by Gasteiger charge is 2.29. The highest BCUT2D eigenvalue weighted by atomic mass is 32.2. The lowest BCUT2D eigenvalue weighted by Gasteiger charge is -2.07. The number of fused-ring (bicyclic) bond motifs is 1. The van der Waals surface area contributed by atoms with Gasteiger partial charge in [-0.15, -0.1) is 0 Å². The van der Waals surface area contributed by atoms with Crippen molar-refractivity contribution in [1.82, 2.24) is 9.97 Å². The topological polar surface area (TPSA) is 45.8 Å². The number of H-pyrrole nitrogens is 1. The molecule has 0 fully saturated rings. The molecule has 0 spiro atoms. The molecule has 3 nitrogen and oxygen atoms in total. The van der Waals surface area contributed by atoms with Crippen molar-refractivity contribution in [3.63, 3.8) is 0 Å². The highest BCUT2D eigenvalue weighted by Crippen LogP contribution is 2.30. The Balaban J connectivity index is 1.77. The van der Waals surface area contributed by atoms with Gasteiger partial charge in [0.25, 0.3) is 5.56 Å². The molecule has 0 atom stereocenters. The van der Waals surface area contributed by atoms with Crippen LogP contribution in [0.5, 0.6) is 0 Å². The van der Waals surface area contributed by atoms with Gasteiger partial charge in [0.2, 0.25) is 0 Å². The molecule has 2 aromatic carbocycles. The fourth-order valence-corrected chi connectivity index (χ4v) is 2.90. The molecule has 3 aromatic rings. The average Bonchev–Trinajstić information content (AvgIpc) is 2.52. The molecule has 0 aliphatic carbocycles. The maximum atomic E-state index is 12.5. The predicted molar refractivity (Wildman–Crippen MR) is 83.4 cm³/mol. The number of para-hydroxylation sites is 1. The maximum Gasteiger partial charge on any atom is 0.416 e. The van der Waals surface area contributed by atoms with Crippen LogP contribution in [0.25, 0.3) is 10.9 Å². The fourth-order valence-electron chi connectivity index (χ4n) is 2.07. The molecular weight excluding hydrogens is 325 g/mol. The Hall–Kier alpha value is -2.28. The molecule has 0 saturated carbocycles. The van der Waals surface area contributed by atoms with Crippen molar-refractivity contribution in [2.45, 2.75) is 17.1 Å². The SMILES string of the molecule is O=c1[nH]c(SCc2ccc(C(F)(F)F)cc2)nc2ccccc12. The van der Waals surface area contributed by atoms with Crippen LogP contribution in [0.15, 0.2) is 58.5 Å². The number of hydrogen-bond donors (Lipinski definition) is 1. The normalized spacial score (nSPS) is 11.8. The van der Waals surface area contributed by atoms with Crippen molar-refractivity contribution < 1.29 is 13.2 Å². The molecule has 0 unspecified atom stereocenters. The van der Waals surface area contributed by atoms with Crippen LogP contribution in [-0.4, -0.2) is 9.97 Å². The van der Waals surface area contributed by atoms with E-state index in [9.17, 15) is 18.0 Å². The van der Waals surface area contributed by atoms with Crippen LogP contribution in [0.1, 0.15) is 11.1 Å². The van der Waals surface area contributed by atoms with Gasteiger partial charge in [0, 0.05) is 5.75 Å². The Kier molecular flexibility index (Phi) is 4.12. The second-order valence-electron chi connectivity index (χ2n) is 4.87. The first-order chi connectivity index (χ1) is 10.9. The number of hydrogen-bond acceptors (Lipinski definition) is 3. The third-order valence-electron chi connectivity index (χ3n) is 3.25. The maximum absolute atomic E-state index is 12.5. The second kappa shape index (κ2) is 6.08. The zero-order valence-electron chi connectivity index (χ0n) is 11.7. The lowest BCUT2D eigenvalue weighted by atomic mass is 10.1. The van der Waals surface area contributed by atoms with Crippen LogP contribution in [0.4, 0.5) is 13.2 Å². The molecule has 118 valence electrons. The van der Waals surface area contributed by atoms with Crippen LogP contribution in [0.3, 0.4) is 0 Å². The van der Waals surface area contributed by atoms with E-state index in [1.54, 1.807) is 24.3 Å². The average molecular weight is 336 g/mol. The molecule has 3 rings (SSSR count). The van der Waals surface area contributed by atoms with Crippen LogP contribution in [0, 0.1) is 0 Å². The summed E-state index contributed by atoms with van der Waals surface area (Å²) in [6.45, 7) is 0. The van der Waals surface area contributed by atoms with Crippen molar-refractivity contribution in [2.75, 3.05) is 0 Å². The van der Waals surface area contributed by atoms with Crippen LogP contribution in [-0.2, 0) is 11.9 Å². The van der Waals surface area contributed by atoms with E-state index >= 15 is 0 Å². The van der Waals surface area contributed by atoms with Gasteiger partial charge in [-0.2, -0.15) is 13.2 Å². The molecule has 0 amide bonds. The van der Waals surface area contributed by atoms with E-state index in [0.29, 0.717) is 21.8 Å². The summed E-state index contributed by atoms with van der Waals surface area (Å²) in [4.78, 5) is 18.9. The smallest absolute Gasteiger partial charge is 0.301 e. The van der Waals surface area contributed by atoms with E-state index < -0.39 is 11.7 Å². The second-order valence-corrected chi connectivity index (χ2v) is 5.84. The van der Waals surface area contributed by atoms with E-state index in [1.165, 1.54) is 23.9 Å². The predicted octanol–water partition coefficient (Wildman–Crippen LogP) is 4.23. The lowest BCUT2D eigenvalue weighted by Crippen LogP contribution is -2.09. The van der Waals surface area contributed by atoms with Crippen LogP contribution in [0.2, 0.25) is 0 Å². The number of nitrogens with one attached hydrogen (secondary N) is 1. The minimum atomic E-state index is -4.34. The van der Waals surface area contributed by atoms with E-state index in [1.807, 2.05) is 0 Å². The third-order valence-corrected chi connectivity index (χ3v) is 4.19. The van der Waals surface area contributed by atoms with Crippen molar-refractivity contribution in [3.05, 3.63) is 70.0 Å². The minimum Gasteiger partial charge on any atom is -0.301 e. The van der Waals surface area contributed by atoms with Crippen LogP contribution < -0.4 is 5.56 Å². The summed E-state index contributed by atoms with van der Waals surface area (Å²) in [6.07, 6.45) is -4.34. The number of benzene rings is 2. The van der Waals surface area contributed by atoms with Gasteiger partial charge >= 0.3 is 6.18 Å². The molecule has 0 saturated heterocycles. The summed E-state index contributed by atoms with van der Waals surface area (Å²) < 4.78 is 37.5. The minimum absolute atomic E-state index is 0.231. The van der Waals surface area contributed by atoms with Crippen molar-refractivity contribution in [3.8, 4) is 0 Å². The first-order valence-corrected chi connectivity index (χ1v) is 7.70. The van der Waals surface area contributed by atoms with Crippen molar-refractivity contribution in [1.29, 1.82) is 0 Å². The number of aromatic nitrogens is 2. The zero-order chi connectivity index (χ0) is 16.4. The fraction of sp³-hybridized carbons (Fsp3) is 0.125. The Morgan fingerprint density at radius 2 is 1.74 bits per heavy atom. The molecule has 1 N–H and O–H groups in total. The van der Waals surface area contributed by atoms with Crippen molar-refractivity contribution >= 4 is 22.7 Å². The summed E-state index contributed by atoms with van der Waals surface area (Å²) >= 11 is 1.27. The number of alkyl halides is 3. The summed E-state index contributed by atoms with van der Waals surface area (Å²) in [7, 11) is 0. The zero-order valence-corrected chi connectivity index (χ0v) is 12.5. The first kappa shape index (κ1) is 15.6. The molecule has 0 aliphatic rings. The Morgan fingerprint density at radius 3 is 2.43 bits per heavy atom. The number of aromatic amines is 1. The number of halogens is 3. The van der Waals surface area contributed by atoms with Gasteiger partial charge in [-0.25, -0.2) is 4.98 Å². The number of rotatable bonds is 3. The van der Waals surface area contributed by atoms with Gasteiger partial charge in [-0.05, 0) is 29.8 Å². The number of nitrogens with zero attached hydrogens (tertiary/aromatic N) is 1. The molecule has 0 aliphatic heterocycles. The first-order valence-electron chi connectivity index (χ1n) is 6.71. The van der Waals surface area contributed by atoms with E-state index in [-0.39, 0.29) is 5.56 Å². The monoisotopic (exact) mass is 336 g/mol. The lowest BCUT2D eigenvalue weighted by molar-refractivity contribution is -0.137. The Morgan fingerprint density at radius 1 is 1.04 bits per heavy atom. The molecule has 23 heavy (non-hydrogen) atoms. The summed E-state index contributed by atoms with van der Waals surface area (Å²) in [5, 5.41) is 0.944. The van der Waals surface area contributed by atoms with Gasteiger partial charge in [-0.1, -0.05) is 36.0 Å². The molecule has 1 aromatic heterocycles. The Bertz CT molecular complexity index is 888. The summed E-state index contributed by atoms with van der Waals surface area (Å²) in [5.41, 5.74) is 0.402. The molecule has 0 bridgehead atoms. The van der Waals surface area contributed by atoms with E-state index in [4.69, 9.17) is 0 Å². The molecule has 1 heterocycles. The van der Waals surface area contributed by atoms with Gasteiger partial charge in [0.05, 0.1) is 16.5 Å². The Labute approximate surface area is 133 Å².